The van der Waals surface area contributed by atoms with E-state index in [4.69, 9.17) is 0 Å². The molecule has 0 radical (unpaired) electrons. The van der Waals surface area contributed by atoms with E-state index in [1.807, 2.05) is 4.90 Å². The van der Waals surface area contributed by atoms with E-state index in [1.165, 1.54) is 0 Å². The van der Waals surface area contributed by atoms with E-state index in [2.05, 4.69) is 17.6 Å². The summed E-state index contributed by atoms with van der Waals surface area (Å²) in [4.78, 5) is 14.0. The van der Waals surface area contributed by atoms with Crippen molar-refractivity contribution in [3.63, 3.8) is 0 Å². The Bertz CT molecular complexity index is 205. The maximum absolute atomic E-state index is 12.0. The molecule has 2 aliphatic rings. The minimum absolute atomic E-state index is 0.203. The van der Waals surface area contributed by atoms with E-state index in [1.54, 1.807) is 0 Å². The fourth-order valence-corrected chi connectivity index (χ4v) is 2.04. The number of carbonyl (C=O) groups is 1. The summed E-state index contributed by atoms with van der Waals surface area (Å²) >= 11 is 0. The van der Waals surface area contributed by atoms with Crippen molar-refractivity contribution in [3.8, 4) is 0 Å². The zero-order valence-electron chi connectivity index (χ0n) is 8.75. The third-order valence-electron chi connectivity index (χ3n) is 3.34. The molecule has 0 aromatic heterocycles. The second-order valence-electron chi connectivity index (χ2n) is 4.28. The van der Waals surface area contributed by atoms with Crippen molar-refractivity contribution < 1.29 is 4.79 Å². The Hall–Kier alpha value is -0.610. The summed E-state index contributed by atoms with van der Waals surface area (Å²) in [5.74, 6) is 1.12. The summed E-state index contributed by atoms with van der Waals surface area (Å²) in [6.45, 7) is 7.74. The first-order chi connectivity index (χ1) is 6.79. The maximum Gasteiger partial charge on any atom is 0.225 e. The smallest absolute Gasteiger partial charge is 0.225 e. The first-order valence-electron chi connectivity index (χ1n) is 5.49. The molecule has 0 aliphatic carbocycles. The molecule has 0 spiro atoms. The standard InChI is InChI=1S/C10H19N3O/c1-8(9-6-12-7-9)10(14)13-4-2-11-3-5-13/h8-9,11-12H,2-7H2,1H3. The summed E-state index contributed by atoms with van der Waals surface area (Å²) < 4.78 is 0. The summed E-state index contributed by atoms with van der Waals surface area (Å²) in [7, 11) is 0. The molecule has 2 aliphatic heterocycles. The Balaban J connectivity index is 1.85. The van der Waals surface area contributed by atoms with Crippen LogP contribution in [-0.2, 0) is 4.79 Å². The number of nitrogens with one attached hydrogen (secondary N) is 2. The molecular formula is C10H19N3O. The molecule has 1 unspecified atom stereocenters. The summed E-state index contributed by atoms with van der Waals surface area (Å²) in [6.07, 6.45) is 0. The molecule has 2 fully saturated rings. The molecule has 0 aromatic rings. The summed E-state index contributed by atoms with van der Waals surface area (Å²) in [5, 5.41) is 6.48. The van der Waals surface area contributed by atoms with Crippen LogP contribution in [0.4, 0.5) is 0 Å². The van der Waals surface area contributed by atoms with Gasteiger partial charge in [-0.1, -0.05) is 6.92 Å². The molecule has 0 aromatic carbocycles. The Morgan fingerprint density at radius 1 is 1.29 bits per heavy atom. The Morgan fingerprint density at radius 2 is 1.93 bits per heavy atom. The molecule has 2 rings (SSSR count). The van der Waals surface area contributed by atoms with Crippen LogP contribution in [0.3, 0.4) is 0 Å². The number of piperazine rings is 1. The highest BCUT2D eigenvalue weighted by Gasteiger charge is 2.31. The molecule has 0 bridgehead atoms. The number of amides is 1. The van der Waals surface area contributed by atoms with Crippen molar-refractivity contribution in [3.05, 3.63) is 0 Å². The van der Waals surface area contributed by atoms with Gasteiger partial charge in [-0.15, -0.1) is 0 Å². The first kappa shape index (κ1) is 9.93. The predicted molar refractivity (Wildman–Crippen MR) is 55.0 cm³/mol. The van der Waals surface area contributed by atoms with Crippen LogP contribution in [-0.4, -0.2) is 50.1 Å². The highest BCUT2D eigenvalue weighted by atomic mass is 16.2. The van der Waals surface area contributed by atoms with Crippen molar-refractivity contribution in [1.29, 1.82) is 0 Å². The van der Waals surface area contributed by atoms with Gasteiger partial charge in [-0.25, -0.2) is 0 Å². The Morgan fingerprint density at radius 3 is 2.43 bits per heavy atom. The van der Waals surface area contributed by atoms with Gasteiger partial charge in [-0.05, 0) is 19.0 Å². The predicted octanol–water partition coefficient (Wildman–Crippen LogP) is -0.726. The van der Waals surface area contributed by atoms with Gasteiger partial charge in [0.1, 0.15) is 0 Å². The number of nitrogens with zero attached hydrogens (tertiary/aromatic N) is 1. The molecule has 14 heavy (non-hydrogen) atoms. The average Bonchev–Trinajstić information content (AvgIpc) is 2.15. The SMILES string of the molecule is CC(C(=O)N1CCNCC1)C1CNC1. The molecular weight excluding hydrogens is 178 g/mol. The van der Waals surface area contributed by atoms with Gasteiger partial charge in [0, 0.05) is 32.1 Å². The maximum atomic E-state index is 12.0. The lowest BCUT2D eigenvalue weighted by Crippen LogP contribution is -2.53. The zero-order chi connectivity index (χ0) is 9.97. The number of hydrogen-bond acceptors (Lipinski definition) is 3. The zero-order valence-corrected chi connectivity index (χ0v) is 8.75. The van der Waals surface area contributed by atoms with Crippen LogP contribution in [0.2, 0.25) is 0 Å². The highest BCUT2D eigenvalue weighted by molar-refractivity contribution is 5.79. The van der Waals surface area contributed by atoms with Crippen LogP contribution < -0.4 is 10.6 Å². The normalized spacial score (nSPS) is 25.6. The second-order valence-corrected chi connectivity index (χ2v) is 4.28. The lowest BCUT2D eigenvalue weighted by Gasteiger charge is -2.36. The lowest BCUT2D eigenvalue weighted by atomic mass is 9.88. The molecule has 1 amide bonds. The van der Waals surface area contributed by atoms with Gasteiger partial charge in [0.05, 0.1) is 0 Å². The van der Waals surface area contributed by atoms with E-state index in [0.717, 1.165) is 39.3 Å². The van der Waals surface area contributed by atoms with Crippen molar-refractivity contribution in [1.82, 2.24) is 15.5 Å². The number of carbonyl (C=O) groups excluding carboxylic acids is 1. The lowest BCUT2D eigenvalue weighted by molar-refractivity contribution is -0.137. The van der Waals surface area contributed by atoms with Gasteiger partial charge in [0.2, 0.25) is 5.91 Å². The van der Waals surface area contributed by atoms with E-state index >= 15 is 0 Å². The van der Waals surface area contributed by atoms with Crippen molar-refractivity contribution in [2.24, 2.45) is 11.8 Å². The quantitative estimate of drug-likeness (QED) is 0.614. The monoisotopic (exact) mass is 197 g/mol. The van der Waals surface area contributed by atoms with Crippen LogP contribution in [0, 0.1) is 11.8 Å². The molecule has 4 nitrogen and oxygen atoms in total. The van der Waals surface area contributed by atoms with Crippen molar-refractivity contribution in [2.75, 3.05) is 39.3 Å². The van der Waals surface area contributed by atoms with Gasteiger partial charge >= 0.3 is 0 Å². The van der Waals surface area contributed by atoms with Crippen LogP contribution in [0.1, 0.15) is 6.92 Å². The third kappa shape index (κ3) is 1.91. The van der Waals surface area contributed by atoms with Gasteiger partial charge in [0.25, 0.3) is 0 Å². The van der Waals surface area contributed by atoms with Gasteiger partial charge in [-0.3, -0.25) is 4.79 Å². The molecule has 2 N–H and O–H groups in total. The molecule has 4 heteroatoms. The topological polar surface area (TPSA) is 44.4 Å². The van der Waals surface area contributed by atoms with E-state index < -0.39 is 0 Å². The van der Waals surface area contributed by atoms with Crippen molar-refractivity contribution in [2.45, 2.75) is 6.92 Å². The third-order valence-corrected chi connectivity index (χ3v) is 3.34. The molecule has 1 atom stereocenters. The van der Waals surface area contributed by atoms with Crippen molar-refractivity contribution >= 4 is 5.91 Å². The van der Waals surface area contributed by atoms with E-state index in [0.29, 0.717) is 11.8 Å². The molecule has 80 valence electrons. The first-order valence-corrected chi connectivity index (χ1v) is 5.49. The number of rotatable bonds is 2. The van der Waals surface area contributed by atoms with E-state index in [-0.39, 0.29) is 5.92 Å². The molecule has 2 heterocycles. The van der Waals surface area contributed by atoms with Gasteiger partial charge in [-0.2, -0.15) is 0 Å². The average molecular weight is 197 g/mol. The summed E-state index contributed by atoms with van der Waals surface area (Å²) in [5.41, 5.74) is 0. The fourth-order valence-electron chi connectivity index (χ4n) is 2.04. The Labute approximate surface area is 85.0 Å². The second kappa shape index (κ2) is 4.28. The highest BCUT2D eigenvalue weighted by Crippen LogP contribution is 2.18. The van der Waals surface area contributed by atoms with E-state index in [9.17, 15) is 4.79 Å². The fraction of sp³-hybridized carbons (Fsp3) is 0.900. The van der Waals surface area contributed by atoms with Crippen LogP contribution in [0.15, 0.2) is 0 Å². The molecule has 2 saturated heterocycles. The van der Waals surface area contributed by atoms with Crippen LogP contribution in [0.5, 0.6) is 0 Å². The van der Waals surface area contributed by atoms with Crippen LogP contribution >= 0.6 is 0 Å². The largest absolute Gasteiger partial charge is 0.340 e. The Kier molecular flexibility index (Phi) is 3.03. The minimum atomic E-state index is 0.203. The molecule has 0 saturated carbocycles. The number of hydrogen-bond donors (Lipinski definition) is 2. The van der Waals surface area contributed by atoms with Gasteiger partial charge < -0.3 is 15.5 Å². The minimum Gasteiger partial charge on any atom is -0.340 e. The van der Waals surface area contributed by atoms with Gasteiger partial charge in [0.15, 0.2) is 0 Å². The van der Waals surface area contributed by atoms with Crippen LogP contribution in [0.25, 0.3) is 0 Å². The summed E-state index contributed by atoms with van der Waals surface area (Å²) in [6, 6.07) is 0.